The van der Waals surface area contributed by atoms with Gasteiger partial charge in [-0.15, -0.1) is 5.10 Å². The molecule has 0 saturated carbocycles. The molecule has 2 N–H and O–H groups in total. The number of hydrogen-bond donors (Lipinski definition) is 2. The summed E-state index contributed by atoms with van der Waals surface area (Å²) in [5.41, 5.74) is 4.04. The molecule has 1 aliphatic rings. The van der Waals surface area contributed by atoms with Crippen LogP contribution in [0.1, 0.15) is 17.0 Å². The Morgan fingerprint density at radius 1 is 1.43 bits per heavy atom. The van der Waals surface area contributed by atoms with E-state index in [1.165, 1.54) is 0 Å². The van der Waals surface area contributed by atoms with E-state index in [9.17, 15) is 9.90 Å². The Labute approximate surface area is 132 Å². The fraction of sp³-hybridized carbons (Fsp3) is 0.312. The topological polar surface area (TPSA) is 87.0 Å². The molecule has 0 amide bonds. The number of aliphatic carboxylic acids is 1. The minimum atomic E-state index is -0.801. The molecule has 1 atom stereocenters. The standard InChI is InChI=1S/C16H17N5O2/c1-20-7-10(18-19-20)8-21-9-14-12(6-15(21)16(22)23)11-4-2-3-5-13(11)17-14/h2-5,7,15,17H,6,8-9H2,1H3,(H,22,23)/t15-/m0/s1. The summed E-state index contributed by atoms with van der Waals surface area (Å²) in [4.78, 5) is 17.1. The number of benzene rings is 1. The van der Waals surface area contributed by atoms with E-state index in [1.54, 1.807) is 11.7 Å². The number of rotatable bonds is 3. The lowest BCUT2D eigenvalue weighted by Gasteiger charge is -2.32. The molecule has 4 rings (SSSR count). The number of carbonyl (C=O) groups is 1. The first-order chi connectivity index (χ1) is 11.1. The summed E-state index contributed by atoms with van der Waals surface area (Å²) in [5.74, 6) is -0.801. The lowest BCUT2D eigenvalue weighted by Crippen LogP contribution is -2.45. The van der Waals surface area contributed by atoms with E-state index >= 15 is 0 Å². The number of aromatic nitrogens is 4. The van der Waals surface area contributed by atoms with Gasteiger partial charge in [0.2, 0.25) is 0 Å². The Morgan fingerprint density at radius 2 is 2.26 bits per heavy atom. The molecular formula is C16H17N5O2. The van der Waals surface area contributed by atoms with Crippen molar-refractivity contribution in [3.8, 4) is 0 Å². The number of fused-ring (bicyclic) bond motifs is 3. The van der Waals surface area contributed by atoms with E-state index in [1.807, 2.05) is 35.4 Å². The first-order valence-electron chi connectivity index (χ1n) is 7.52. The molecular weight excluding hydrogens is 294 g/mol. The fourth-order valence-corrected chi connectivity index (χ4v) is 3.35. The maximum atomic E-state index is 11.7. The molecule has 1 aliphatic heterocycles. The predicted molar refractivity (Wildman–Crippen MR) is 83.7 cm³/mol. The van der Waals surface area contributed by atoms with Crippen LogP contribution in [0.2, 0.25) is 0 Å². The molecule has 3 heterocycles. The first kappa shape index (κ1) is 14.0. The van der Waals surface area contributed by atoms with Gasteiger partial charge in [-0.2, -0.15) is 0 Å². The second kappa shape index (κ2) is 5.20. The van der Waals surface area contributed by atoms with Gasteiger partial charge in [-0.05, 0) is 11.6 Å². The Kier molecular flexibility index (Phi) is 3.16. The van der Waals surface area contributed by atoms with Crippen LogP contribution >= 0.6 is 0 Å². The molecule has 7 nitrogen and oxygen atoms in total. The molecule has 0 radical (unpaired) electrons. The van der Waals surface area contributed by atoms with Crippen LogP contribution in [0.15, 0.2) is 30.5 Å². The lowest BCUT2D eigenvalue weighted by molar-refractivity contribution is -0.144. The van der Waals surface area contributed by atoms with E-state index in [0.717, 1.165) is 27.9 Å². The highest BCUT2D eigenvalue weighted by atomic mass is 16.4. The maximum absolute atomic E-state index is 11.7. The summed E-state index contributed by atoms with van der Waals surface area (Å²) in [6, 6.07) is 7.48. The SMILES string of the molecule is Cn1cc(CN2Cc3[nH]c4ccccc4c3C[C@H]2C(=O)O)nn1. The normalized spacial score (nSPS) is 18.2. The highest BCUT2D eigenvalue weighted by Gasteiger charge is 2.33. The molecule has 2 aromatic heterocycles. The van der Waals surface area contributed by atoms with Gasteiger partial charge in [0, 0.05) is 49.4 Å². The third-order valence-electron chi connectivity index (χ3n) is 4.40. The molecule has 0 bridgehead atoms. The van der Waals surface area contributed by atoms with Crippen molar-refractivity contribution in [2.24, 2.45) is 7.05 Å². The van der Waals surface area contributed by atoms with Gasteiger partial charge in [0.05, 0.1) is 5.69 Å². The van der Waals surface area contributed by atoms with Crippen molar-refractivity contribution in [2.75, 3.05) is 0 Å². The molecule has 3 aromatic rings. The average Bonchev–Trinajstić information content (AvgIpc) is 3.09. The first-order valence-corrected chi connectivity index (χ1v) is 7.52. The highest BCUT2D eigenvalue weighted by Crippen LogP contribution is 2.30. The van der Waals surface area contributed by atoms with Gasteiger partial charge in [0.25, 0.3) is 0 Å². The molecule has 0 aliphatic carbocycles. The number of aryl methyl sites for hydroxylation is 1. The quantitative estimate of drug-likeness (QED) is 0.761. The zero-order valence-corrected chi connectivity index (χ0v) is 12.7. The second-order valence-corrected chi connectivity index (χ2v) is 5.97. The van der Waals surface area contributed by atoms with E-state index in [2.05, 4.69) is 15.3 Å². The minimum Gasteiger partial charge on any atom is -0.480 e. The zero-order valence-electron chi connectivity index (χ0n) is 12.7. The highest BCUT2D eigenvalue weighted by molar-refractivity contribution is 5.86. The number of carboxylic acid groups (broad SMARTS) is 1. The van der Waals surface area contributed by atoms with E-state index in [-0.39, 0.29) is 0 Å². The van der Waals surface area contributed by atoms with Crippen molar-refractivity contribution in [1.29, 1.82) is 0 Å². The Bertz CT molecular complexity index is 882. The Balaban J connectivity index is 1.71. The Morgan fingerprint density at radius 3 is 3.00 bits per heavy atom. The van der Waals surface area contributed by atoms with Crippen LogP contribution in [-0.4, -0.2) is 42.0 Å². The summed E-state index contributed by atoms with van der Waals surface area (Å²) >= 11 is 0. The third-order valence-corrected chi connectivity index (χ3v) is 4.40. The monoisotopic (exact) mass is 311 g/mol. The number of nitrogens with zero attached hydrogens (tertiary/aromatic N) is 4. The third kappa shape index (κ3) is 2.39. The van der Waals surface area contributed by atoms with E-state index < -0.39 is 12.0 Å². The number of para-hydroxylation sites is 1. The largest absolute Gasteiger partial charge is 0.480 e. The number of carboxylic acids is 1. The van der Waals surface area contributed by atoms with Crippen LogP contribution in [0, 0.1) is 0 Å². The van der Waals surface area contributed by atoms with Gasteiger partial charge in [-0.25, -0.2) is 0 Å². The lowest BCUT2D eigenvalue weighted by atomic mass is 9.96. The van der Waals surface area contributed by atoms with Gasteiger partial charge in [-0.1, -0.05) is 23.4 Å². The van der Waals surface area contributed by atoms with Crippen LogP contribution < -0.4 is 0 Å². The summed E-state index contributed by atoms with van der Waals surface area (Å²) < 4.78 is 1.63. The molecule has 0 saturated heterocycles. The molecule has 23 heavy (non-hydrogen) atoms. The van der Waals surface area contributed by atoms with Crippen molar-refractivity contribution in [3.05, 3.63) is 47.4 Å². The number of nitrogens with one attached hydrogen (secondary N) is 1. The van der Waals surface area contributed by atoms with Crippen molar-refractivity contribution >= 4 is 16.9 Å². The summed E-state index contributed by atoms with van der Waals surface area (Å²) in [5, 5.41) is 18.7. The van der Waals surface area contributed by atoms with Crippen LogP contribution in [0.25, 0.3) is 10.9 Å². The molecule has 0 unspecified atom stereocenters. The molecule has 0 spiro atoms. The van der Waals surface area contributed by atoms with Gasteiger partial charge in [0.1, 0.15) is 6.04 Å². The van der Waals surface area contributed by atoms with Crippen LogP contribution in [0.5, 0.6) is 0 Å². The number of aromatic amines is 1. The predicted octanol–water partition coefficient (Wildman–Crippen LogP) is 1.31. The molecule has 0 fully saturated rings. The molecule has 1 aromatic carbocycles. The smallest absolute Gasteiger partial charge is 0.321 e. The van der Waals surface area contributed by atoms with Crippen molar-refractivity contribution in [3.63, 3.8) is 0 Å². The maximum Gasteiger partial charge on any atom is 0.321 e. The number of H-pyrrole nitrogens is 1. The van der Waals surface area contributed by atoms with Gasteiger partial charge < -0.3 is 10.1 Å². The van der Waals surface area contributed by atoms with Gasteiger partial charge in [0.15, 0.2) is 0 Å². The summed E-state index contributed by atoms with van der Waals surface area (Å²) in [7, 11) is 1.80. The van der Waals surface area contributed by atoms with Crippen molar-refractivity contribution in [1.82, 2.24) is 24.9 Å². The summed E-state index contributed by atoms with van der Waals surface area (Å²) in [6.07, 6.45) is 2.31. The second-order valence-electron chi connectivity index (χ2n) is 5.97. The van der Waals surface area contributed by atoms with Crippen LogP contribution in [0.4, 0.5) is 0 Å². The zero-order chi connectivity index (χ0) is 16.0. The minimum absolute atomic E-state index is 0.472. The number of hydrogen-bond acceptors (Lipinski definition) is 4. The van der Waals surface area contributed by atoms with E-state index in [0.29, 0.717) is 19.5 Å². The van der Waals surface area contributed by atoms with Gasteiger partial charge in [-0.3, -0.25) is 14.4 Å². The van der Waals surface area contributed by atoms with Gasteiger partial charge >= 0.3 is 5.97 Å². The van der Waals surface area contributed by atoms with Crippen molar-refractivity contribution < 1.29 is 9.90 Å². The van der Waals surface area contributed by atoms with E-state index in [4.69, 9.17) is 0 Å². The van der Waals surface area contributed by atoms with Crippen LogP contribution in [-0.2, 0) is 31.4 Å². The summed E-state index contributed by atoms with van der Waals surface area (Å²) in [6.45, 7) is 1.04. The Hall–Kier alpha value is -2.67. The average molecular weight is 311 g/mol. The molecule has 118 valence electrons. The fourth-order valence-electron chi connectivity index (χ4n) is 3.35. The van der Waals surface area contributed by atoms with Crippen LogP contribution in [0.3, 0.4) is 0 Å². The van der Waals surface area contributed by atoms with Crippen molar-refractivity contribution in [2.45, 2.75) is 25.6 Å². The molecule has 7 heteroatoms.